The smallest absolute Gasteiger partial charge is 0.235 e. The normalized spacial score (nSPS) is 15.1. The molecule has 0 aromatic heterocycles. The molecular formula is C27H28N2O4. The molecule has 0 unspecified atom stereocenters. The van der Waals surface area contributed by atoms with Gasteiger partial charge in [0.1, 0.15) is 0 Å². The number of hydrogen-bond acceptors (Lipinski definition) is 4. The molecule has 0 saturated heterocycles. The highest BCUT2D eigenvalue weighted by molar-refractivity contribution is 6.02. The summed E-state index contributed by atoms with van der Waals surface area (Å²) in [6, 6.07) is 19.9. The first-order chi connectivity index (χ1) is 15.9. The fourth-order valence-corrected chi connectivity index (χ4v) is 4.26. The molecule has 170 valence electrons. The van der Waals surface area contributed by atoms with E-state index in [9.17, 15) is 9.59 Å². The number of benzene rings is 3. The number of amides is 2. The SMILES string of the molecule is CC(=O)NCc1ccc(-c2cc(NC(=O)C3(c4ccc5c(c4)OCO5)CC3)ccc2C)cc1.[HH]. The molecule has 0 spiro atoms. The van der Waals surface area contributed by atoms with Crippen LogP contribution in [0.2, 0.25) is 0 Å². The van der Waals surface area contributed by atoms with E-state index in [4.69, 9.17) is 9.47 Å². The number of nitrogens with one attached hydrogen (secondary N) is 2. The topological polar surface area (TPSA) is 76.7 Å². The van der Waals surface area contributed by atoms with Crippen LogP contribution in [0.15, 0.2) is 60.7 Å². The van der Waals surface area contributed by atoms with Crippen LogP contribution in [0.5, 0.6) is 11.5 Å². The van der Waals surface area contributed by atoms with Gasteiger partial charge in [0.15, 0.2) is 11.5 Å². The van der Waals surface area contributed by atoms with Crippen molar-refractivity contribution in [3.8, 4) is 22.6 Å². The second-order valence-electron chi connectivity index (χ2n) is 8.74. The molecule has 1 aliphatic heterocycles. The third-order valence-electron chi connectivity index (χ3n) is 6.41. The standard InChI is InChI=1S/C27H26N2O4.H2/c1-17-3-9-22(14-23(17)20-6-4-19(5-7-20)15-28-18(2)30)29-26(31)27(11-12-27)21-8-10-24-25(13-21)33-16-32-24;/h3-10,13-14H,11-12,15-16H2,1-2H3,(H,28,30)(H,29,31);1H. The Kier molecular flexibility index (Phi) is 5.29. The van der Waals surface area contributed by atoms with E-state index in [1.54, 1.807) is 0 Å². The zero-order chi connectivity index (χ0) is 23.0. The Morgan fingerprint density at radius 2 is 1.73 bits per heavy atom. The zero-order valence-corrected chi connectivity index (χ0v) is 18.7. The van der Waals surface area contributed by atoms with Gasteiger partial charge in [-0.2, -0.15) is 0 Å². The van der Waals surface area contributed by atoms with Crippen LogP contribution in [0.1, 0.15) is 37.9 Å². The molecule has 33 heavy (non-hydrogen) atoms. The second kappa shape index (κ2) is 8.28. The Hall–Kier alpha value is -3.80. The van der Waals surface area contributed by atoms with E-state index in [1.807, 2.05) is 60.7 Å². The first-order valence-corrected chi connectivity index (χ1v) is 11.1. The molecule has 6 nitrogen and oxygen atoms in total. The molecule has 0 radical (unpaired) electrons. The van der Waals surface area contributed by atoms with Crippen molar-refractivity contribution in [3.63, 3.8) is 0 Å². The molecule has 1 saturated carbocycles. The van der Waals surface area contributed by atoms with E-state index in [0.717, 1.165) is 52.1 Å². The van der Waals surface area contributed by atoms with E-state index in [-0.39, 0.29) is 20.0 Å². The van der Waals surface area contributed by atoms with Crippen molar-refractivity contribution in [2.45, 2.75) is 38.6 Å². The van der Waals surface area contributed by atoms with E-state index in [2.05, 4.69) is 17.6 Å². The number of fused-ring (bicyclic) bond motifs is 1. The molecule has 6 heteroatoms. The summed E-state index contributed by atoms with van der Waals surface area (Å²) in [5.41, 5.74) is 5.51. The van der Waals surface area contributed by atoms with Gasteiger partial charge >= 0.3 is 0 Å². The Bertz CT molecular complexity index is 1240. The predicted molar refractivity (Wildman–Crippen MR) is 128 cm³/mol. The summed E-state index contributed by atoms with van der Waals surface area (Å²) in [5, 5.41) is 5.94. The number of carbonyl (C=O) groups is 2. The van der Waals surface area contributed by atoms with Crippen LogP contribution >= 0.6 is 0 Å². The minimum Gasteiger partial charge on any atom is -0.454 e. The van der Waals surface area contributed by atoms with Crippen LogP contribution in [0.3, 0.4) is 0 Å². The highest BCUT2D eigenvalue weighted by Crippen LogP contribution is 2.51. The van der Waals surface area contributed by atoms with Crippen LogP contribution in [0.25, 0.3) is 11.1 Å². The van der Waals surface area contributed by atoms with Crippen LogP contribution in [-0.4, -0.2) is 18.6 Å². The first-order valence-electron chi connectivity index (χ1n) is 11.1. The average molecular weight is 445 g/mol. The Labute approximate surface area is 194 Å². The lowest BCUT2D eigenvalue weighted by atomic mass is 9.94. The molecule has 3 aromatic carbocycles. The largest absolute Gasteiger partial charge is 0.454 e. The number of hydrogen-bond donors (Lipinski definition) is 2. The maximum atomic E-state index is 13.3. The van der Waals surface area contributed by atoms with Crippen LogP contribution < -0.4 is 20.1 Å². The highest BCUT2D eigenvalue weighted by atomic mass is 16.7. The van der Waals surface area contributed by atoms with Crippen molar-refractivity contribution in [1.82, 2.24) is 5.32 Å². The van der Waals surface area contributed by atoms with E-state index in [0.29, 0.717) is 12.3 Å². The van der Waals surface area contributed by atoms with Gasteiger partial charge in [0.25, 0.3) is 0 Å². The van der Waals surface area contributed by atoms with Crippen molar-refractivity contribution in [3.05, 3.63) is 77.4 Å². The molecular weight excluding hydrogens is 416 g/mol. The van der Waals surface area contributed by atoms with E-state index < -0.39 is 5.41 Å². The van der Waals surface area contributed by atoms with Crippen LogP contribution in [0.4, 0.5) is 5.69 Å². The van der Waals surface area contributed by atoms with Gasteiger partial charge in [-0.05, 0) is 71.8 Å². The molecule has 3 aromatic rings. The van der Waals surface area contributed by atoms with Gasteiger partial charge in [0.05, 0.1) is 5.41 Å². The van der Waals surface area contributed by atoms with Gasteiger partial charge in [-0.1, -0.05) is 36.4 Å². The number of aryl methyl sites for hydroxylation is 1. The maximum absolute atomic E-state index is 13.3. The lowest BCUT2D eigenvalue weighted by Gasteiger charge is -2.17. The number of anilines is 1. The summed E-state index contributed by atoms with van der Waals surface area (Å²) in [6.07, 6.45) is 1.62. The van der Waals surface area contributed by atoms with Crippen molar-refractivity contribution in [2.24, 2.45) is 0 Å². The van der Waals surface area contributed by atoms with Gasteiger partial charge in [0.2, 0.25) is 18.6 Å². The van der Waals surface area contributed by atoms with Crippen molar-refractivity contribution in [1.29, 1.82) is 0 Å². The predicted octanol–water partition coefficient (Wildman–Crippen LogP) is 4.94. The van der Waals surface area contributed by atoms with Gasteiger partial charge in [0, 0.05) is 20.6 Å². The fraction of sp³-hybridized carbons (Fsp3) is 0.259. The van der Waals surface area contributed by atoms with Gasteiger partial charge in [-0.3, -0.25) is 9.59 Å². The van der Waals surface area contributed by atoms with E-state index in [1.165, 1.54) is 6.92 Å². The maximum Gasteiger partial charge on any atom is 0.235 e. The molecule has 5 rings (SSSR count). The lowest BCUT2D eigenvalue weighted by Crippen LogP contribution is -2.27. The Morgan fingerprint density at radius 3 is 2.45 bits per heavy atom. The molecule has 0 atom stereocenters. The zero-order valence-electron chi connectivity index (χ0n) is 18.7. The monoisotopic (exact) mass is 444 g/mol. The summed E-state index contributed by atoms with van der Waals surface area (Å²) in [7, 11) is 0. The van der Waals surface area contributed by atoms with Gasteiger partial charge in [-0.25, -0.2) is 0 Å². The summed E-state index contributed by atoms with van der Waals surface area (Å²) >= 11 is 0. The first kappa shape index (κ1) is 21.1. The summed E-state index contributed by atoms with van der Waals surface area (Å²) in [4.78, 5) is 24.4. The molecule has 2 amide bonds. The third kappa shape index (κ3) is 4.16. The molecule has 2 N–H and O–H groups in total. The summed E-state index contributed by atoms with van der Waals surface area (Å²) in [6.45, 7) is 4.29. The third-order valence-corrected chi connectivity index (χ3v) is 6.41. The minimum atomic E-state index is -0.516. The summed E-state index contributed by atoms with van der Waals surface area (Å²) < 4.78 is 10.9. The van der Waals surface area contributed by atoms with E-state index >= 15 is 0 Å². The second-order valence-corrected chi connectivity index (χ2v) is 8.74. The fourth-order valence-electron chi connectivity index (χ4n) is 4.26. The molecule has 1 aliphatic carbocycles. The van der Waals surface area contributed by atoms with Crippen molar-refractivity contribution >= 4 is 17.5 Å². The van der Waals surface area contributed by atoms with Crippen LogP contribution in [0, 0.1) is 6.92 Å². The quantitative estimate of drug-likeness (QED) is 0.564. The number of carbonyl (C=O) groups excluding carboxylic acids is 2. The van der Waals surface area contributed by atoms with Crippen LogP contribution in [-0.2, 0) is 21.5 Å². The summed E-state index contributed by atoms with van der Waals surface area (Å²) in [5.74, 6) is 1.38. The highest BCUT2D eigenvalue weighted by Gasteiger charge is 2.51. The molecule has 0 bridgehead atoms. The number of rotatable bonds is 6. The minimum absolute atomic E-state index is 0. The molecule has 2 aliphatic rings. The lowest BCUT2D eigenvalue weighted by molar-refractivity contribution is -0.119. The van der Waals surface area contributed by atoms with Gasteiger partial charge < -0.3 is 20.1 Å². The van der Waals surface area contributed by atoms with Crippen molar-refractivity contribution in [2.75, 3.05) is 12.1 Å². The molecule has 1 fully saturated rings. The Morgan fingerprint density at radius 1 is 0.970 bits per heavy atom. The average Bonchev–Trinajstić information content (AvgIpc) is 3.50. The van der Waals surface area contributed by atoms with Gasteiger partial charge in [-0.15, -0.1) is 0 Å². The van der Waals surface area contributed by atoms with Crippen molar-refractivity contribution < 1.29 is 20.5 Å². The number of ether oxygens (including phenoxy) is 2. The molecule has 1 heterocycles. The Balaban J connectivity index is 0.00000274.